The Labute approximate surface area is 139 Å². The first-order valence-electron chi connectivity index (χ1n) is 7.44. The van der Waals surface area contributed by atoms with E-state index >= 15 is 0 Å². The lowest BCUT2D eigenvalue weighted by Crippen LogP contribution is -2.38. The number of guanidine groups is 1. The Morgan fingerprint density at radius 2 is 2.00 bits per heavy atom. The average Bonchev–Trinajstić information content (AvgIpc) is 2.60. The summed E-state index contributed by atoms with van der Waals surface area (Å²) in [5.74, 6) is -1.22. The monoisotopic (exact) mass is 328 g/mol. The van der Waals surface area contributed by atoms with E-state index in [9.17, 15) is 8.78 Å². The molecule has 0 aliphatic carbocycles. The molecule has 0 aromatic heterocycles. The number of hydrogen-bond acceptors (Lipinski definition) is 2. The van der Waals surface area contributed by atoms with Crippen molar-refractivity contribution in [1.29, 1.82) is 5.26 Å². The zero-order chi connectivity index (χ0) is 17.5. The normalized spacial score (nSPS) is 12.4. The molecule has 1 unspecified atom stereocenters. The first-order chi connectivity index (χ1) is 11.5. The van der Waals surface area contributed by atoms with Crippen molar-refractivity contribution in [2.24, 2.45) is 4.99 Å². The molecule has 0 aliphatic heterocycles. The summed E-state index contributed by atoms with van der Waals surface area (Å²) in [6.45, 7) is 2.32. The molecule has 2 N–H and O–H groups in total. The smallest absolute Gasteiger partial charge is 0.191 e. The minimum atomic E-state index is -0.877. The van der Waals surface area contributed by atoms with Gasteiger partial charge in [0.15, 0.2) is 17.6 Å². The second-order valence-corrected chi connectivity index (χ2v) is 5.28. The SMILES string of the molecule is CN=C(NCc1cccc(C#N)c1)NC(C)c1ccc(F)c(F)c1. The molecule has 0 spiro atoms. The van der Waals surface area contributed by atoms with Gasteiger partial charge in [-0.1, -0.05) is 18.2 Å². The van der Waals surface area contributed by atoms with Gasteiger partial charge in [-0.3, -0.25) is 4.99 Å². The highest BCUT2D eigenvalue weighted by Crippen LogP contribution is 2.15. The minimum absolute atomic E-state index is 0.253. The van der Waals surface area contributed by atoms with Crippen molar-refractivity contribution in [1.82, 2.24) is 10.6 Å². The van der Waals surface area contributed by atoms with E-state index in [1.165, 1.54) is 6.07 Å². The number of halogens is 2. The van der Waals surface area contributed by atoms with E-state index in [1.54, 1.807) is 19.2 Å². The summed E-state index contributed by atoms with van der Waals surface area (Å²) in [6.07, 6.45) is 0. The highest BCUT2D eigenvalue weighted by atomic mass is 19.2. The Bertz CT molecular complexity index is 781. The zero-order valence-electron chi connectivity index (χ0n) is 13.5. The second kappa shape index (κ2) is 8.06. The van der Waals surface area contributed by atoms with Crippen LogP contribution in [0.25, 0.3) is 0 Å². The van der Waals surface area contributed by atoms with Gasteiger partial charge in [0.25, 0.3) is 0 Å². The van der Waals surface area contributed by atoms with Gasteiger partial charge in [-0.25, -0.2) is 8.78 Å². The van der Waals surface area contributed by atoms with Crippen LogP contribution in [0.3, 0.4) is 0 Å². The maximum Gasteiger partial charge on any atom is 0.191 e. The molecule has 0 heterocycles. The number of hydrogen-bond donors (Lipinski definition) is 2. The zero-order valence-corrected chi connectivity index (χ0v) is 13.5. The van der Waals surface area contributed by atoms with Gasteiger partial charge < -0.3 is 10.6 Å². The molecule has 4 nitrogen and oxygen atoms in total. The Kier molecular flexibility index (Phi) is 5.85. The second-order valence-electron chi connectivity index (χ2n) is 5.28. The van der Waals surface area contributed by atoms with Crippen LogP contribution in [0.5, 0.6) is 0 Å². The summed E-state index contributed by atoms with van der Waals surface area (Å²) < 4.78 is 26.3. The van der Waals surface area contributed by atoms with Crippen LogP contribution >= 0.6 is 0 Å². The summed E-state index contributed by atoms with van der Waals surface area (Å²) in [7, 11) is 1.62. The maximum atomic E-state index is 13.3. The summed E-state index contributed by atoms with van der Waals surface area (Å²) in [5, 5.41) is 15.1. The topological polar surface area (TPSA) is 60.2 Å². The third-order valence-corrected chi connectivity index (χ3v) is 3.54. The Morgan fingerprint density at radius 1 is 1.21 bits per heavy atom. The predicted octanol–water partition coefficient (Wildman–Crippen LogP) is 3.26. The number of nitrogens with zero attached hydrogens (tertiary/aromatic N) is 2. The quantitative estimate of drug-likeness (QED) is 0.669. The van der Waals surface area contributed by atoms with E-state index in [-0.39, 0.29) is 6.04 Å². The molecule has 0 fully saturated rings. The molecular formula is C18H18F2N4. The van der Waals surface area contributed by atoms with Gasteiger partial charge in [0, 0.05) is 13.6 Å². The third-order valence-electron chi connectivity index (χ3n) is 3.54. The van der Waals surface area contributed by atoms with E-state index in [0.29, 0.717) is 23.6 Å². The molecule has 0 saturated heterocycles. The van der Waals surface area contributed by atoms with E-state index in [0.717, 1.165) is 17.7 Å². The van der Waals surface area contributed by atoms with Crippen LogP contribution in [0.1, 0.15) is 29.7 Å². The molecule has 24 heavy (non-hydrogen) atoms. The summed E-state index contributed by atoms with van der Waals surface area (Å²) in [5.41, 5.74) is 2.15. The Balaban J connectivity index is 1.98. The predicted molar refractivity (Wildman–Crippen MR) is 89.3 cm³/mol. The lowest BCUT2D eigenvalue weighted by Gasteiger charge is -2.18. The fraction of sp³-hybridized carbons (Fsp3) is 0.222. The fourth-order valence-corrected chi connectivity index (χ4v) is 2.20. The lowest BCUT2D eigenvalue weighted by atomic mass is 10.1. The molecule has 0 aliphatic rings. The summed E-state index contributed by atoms with van der Waals surface area (Å²) >= 11 is 0. The number of aliphatic imine (C=N–C) groups is 1. The first kappa shape index (κ1) is 17.4. The molecule has 0 radical (unpaired) electrons. The molecule has 2 rings (SSSR count). The molecule has 0 bridgehead atoms. The molecule has 124 valence electrons. The fourth-order valence-electron chi connectivity index (χ4n) is 2.20. The summed E-state index contributed by atoms with van der Waals surface area (Å²) in [6, 6.07) is 12.9. The van der Waals surface area contributed by atoms with Crippen molar-refractivity contribution >= 4 is 5.96 Å². The summed E-state index contributed by atoms with van der Waals surface area (Å²) in [4.78, 5) is 4.11. The van der Waals surface area contributed by atoms with Crippen LogP contribution in [0.15, 0.2) is 47.5 Å². The van der Waals surface area contributed by atoms with Crippen molar-refractivity contribution in [3.05, 3.63) is 70.8 Å². The van der Waals surface area contributed by atoms with Crippen LogP contribution in [0.4, 0.5) is 8.78 Å². The molecule has 2 aromatic rings. The Morgan fingerprint density at radius 3 is 2.67 bits per heavy atom. The number of benzene rings is 2. The van der Waals surface area contributed by atoms with Crippen LogP contribution in [0, 0.1) is 23.0 Å². The first-order valence-corrected chi connectivity index (χ1v) is 7.44. The van der Waals surface area contributed by atoms with Gasteiger partial charge in [-0.2, -0.15) is 5.26 Å². The van der Waals surface area contributed by atoms with Crippen LogP contribution in [-0.4, -0.2) is 13.0 Å². The van der Waals surface area contributed by atoms with Gasteiger partial charge in [0.2, 0.25) is 0 Å². The van der Waals surface area contributed by atoms with Gasteiger partial charge in [0.05, 0.1) is 17.7 Å². The number of nitrogens with one attached hydrogen (secondary N) is 2. The van der Waals surface area contributed by atoms with Crippen molar-refractivity contribution < 1.29 is 8.78 Å². The molecule has 6 heteroatoms. The minimum Gasteiger partial charge on any atom is -0.352 e. The van der Waals surface area contributed by atoms with Gasteiger partial charge in [0.1, 0.15) is 0 Å². The lowest BCUT2D eigenvalue weighted by molar-refractivity contribution is 0.504. The van der Waals surface area contributed by atoms with Crippen molar-refractivity contribution in [2.75, 3.05) is 7.05 Å². The molecule has 0 saturated carbocycles. The van der Waals surface area contributed by atoms with E-state index in [4.69, 9.17) is 5.26 Å². The molecular weight excluding hydrogens is 310 g/mol. The maximum absolute atomic E-state index is 13.3. The number of nitriles is 1. The average molecular weight is 328 g/mol. The number of rotatable bonds is 4. The van der Waals surface area contributed by atoms with E-state index in [2.05, 4.69) is 21.7 Å². The van der Waals surface area contributed by atoms with Gasteiger partial charge in [-0.05, 0) is 42.3 Å². The van der Waals surface area contributed by atoms with Crippen molar-refractivity contribution in [2.45, 2.75) is 19.5 Å². The largest absolute Gasteiger partial charge is 0.352 e. The third kappa shape index (κ3) is 4.53. The molecule has 1 atom stereocenters. The highest BCUT2D eigenvalue weighted by Gasteiger charge is 2.11. The van der Waals surface area contributed by atoms with Crippen LogP contribution in [-0.2, 0) is 6.54 Å². The van der Waals surface area contributed by atoms with Gasteiger partial charge in [-0.15, -0.1) is 0 Å². The highest BCUT2D eigenvalue weighted by molar-refractivity contribution is 5.80. The van der Waals surface area contributed by atoms with Crippen molar-refractivity contribution in [3.8, 4) is 6.07 Å². The van der Waals surface area contributed by atoms with Gasteiger partial charge >= 0.3 is 0 Å². The van der Waals surface area contributed by atoms with E-state index < -0.39 is 11.6 Å². The molecule has 0 amide bonds. The standard InChI is InChI=1S/C18H18F2N4/c1-12(15-6-7-16(19)17(20)9-15)24-18(22-2)23-11-14-5-3-4-13(8-14)10-21/h3-9,12H,11H2,1-2H3,(H2,22,23,24). The van der Waals surface area contributed by atoms with E-state index in [1.807, 2.05) is 19.1 Å². The Hall–Kier alpha value is -2.94. The van der Waals surface area contributed by atoms with Crippen LogP contribution in [0.2, 0.25) is 0 Å². The molecule has 2 aromatic carbocycles. The van der Waals surface area contributed by atoms with Crippen LogP contribution < -0.4 is 10.6 Å². The van der Waals surface area contributed by atoms with Crippen molar-refractivity contribution in [3.63, 3.8) is 0 Å².